The molecule has 3 rings (SSSR count). The van der Waals surface area contributed by atoms with E-state index in [0.717, 1.165) is 24.6 Å². The highest BCUT2D eigenvalue weighted by Crippen LogP contribution is 2.33. The van der Waals surface area contributed by atoms with E-state index in [1.807, 2.05) is 6.07 Å². The highest BCUT2D eigenvalue weighted by atomic mass is 32.1. The minimum Gasteiger partial charge on any atom is -0.330 e. The molecule has 1 aliphatic rings. The highest BCUT2D eigenvalue weighted by Gasteiger charge is 2.25. The molecule has 1 saturated carbocycles. The average Bonchev–Trinajstić information content (AvgIpc) is 2.97. The Bertz CT molecular complexity index is 535. The molecule has 2 aromatic rings. The molecule has 2 atom stereocenters. The Morgan fingerprint density at radius 2 is 1.85 bits per heavy atom. The Morgan fingerprint density at radius 3 is 2.60 bits per heavy atom. The van der Waals surface area contributed by atoms with Crippen LogP contribution in [0.25, 0.3) is 11.3 Å². The van der Waals surface area contributed by atoms with Crippen molar-refractivity contribution < 1.29 is 0 Å². The number of rotatable bonds is 4. The summed E-state index contributed by atoms with van der Waals surface area (Å²) in [7, 11) is 0. The van der Waals surface area contributed by atoms with E-state index in [1.165, 1.54) is 36.3 Å². The molecule has 0 aliphatic heterocycles. The monoisotopic (exact) mass is 286 g/mol. The van der Waals surface area contributed by atoms with E-state index in [4.69, 9.17) is 10.7 Å². The third-order valence-electron chi connectivity index (χ3n) is 4.43. The number of nitrogens with zero attached hydrogens (tertiary/aromatic N) is 1. The second-order valence-electron chi connectivity index (χ2n) is 5.74. The normalized spacial score (nSPS) is 22.9. The number of aromatic nitrogens is 1. The van der Waals surface area contributed by atoms with Crippen LogP contribution in [-0.2, 0) is 6.42 Å². The van der Waals surface area contributed by atoms with E-state index in [0.29, 0.717) is 5.92 Å². The summed E-state index contributed by atoms with van der Waals surface area (Å²) in [5.41, 5.74) is 8.26. The van der Waals surface area contributed by atoms with Crippen LogP contribution in [0, 0.1) is 11.8 Å². The first-order valence-electron chi connectivity index (χ1n) is 7.56. The zero-order valence-electron chi connectivity index (χ0n) is 11.8. The van der Waals surface area contributed by atoms with Gasteiger partial charge in [-0.25, -0.2) is 4.98 Å². The van der Waals surface area contributed by atoms with E-state index in [2.05, 4.69) is 29.6 Å². The molecule has 0 spiro atoms. The predicted octanol–water partition coefficient (Wildman–Crippen LogP) is 4.12. The summed E-state index contributed by atoms with van der Waals surface area (Å²) < 4.78 is 0. The second-order valence-corrected chi connectivity index (χ2v) is 6.68. The summed E-state index contributed by atoms with van der Waals surface area (Å²) in [6.45, 7) is 0.835. The molecule has 0 saturated heterocycles. The molecule has 106 valence electrons. The molecule has 2 N–H and O–H groups in total. The summed E-state index contributed by atoms with van der Waals surface area (Å²) in [5, 5.41) is 3.46. The standard InChI is InChI=1S/C17H22N2S/c18-11-15-9-5-4-8-14(15)10-17-19-16(12-20-17)13-6-2-1-3-7-13/h1-3,6-7,12,14-15H,4-5,8-11,18H2. The fourth-order valence-electron chi connectivity index (χ4n) is 3.23. The van der Waals surface area contributed by atoms with Crippen molar-refractivity contribution >= 4 is 11.3 Å². The van der Waals surface area contributed by atoms with Crippen molar-refractivity contribution in [3.8, 4) is 11.3 Å². The first kappa shape index (κ1) is 13.8. The Morgan fingerprint density at radius 1 is 1.10 bits per heavy atom. The molecular formula is C17H22N2S. The summed E-state index contributed by atoms with van der Waals surface area (Å²) in [6.07, 6.45) is 6.45. The maximum Gasteiger partial charge on any atom is 0.0935 e. The second kappa shape index (κ2) is 6.51. The van der Waals surface area contributed by atoms with Crippen molar-refractivity contribution in [1.29, 1.82) is 0 Å². The number of benzene rings is 1. The average molecular weight is 286 g/mol. The van der Waals surface area contributed by atoms with Gasteiger partial charge < -0.3 is 5.73 Å². The van der Waals surface area contributed by atoms with Crippen LogP contribution in [0.4, 0.5) is 0 Å². The highest BCUT2D eigenvalue weighted by molar-refractivity contribution is 7.09. The largest absolute Gasteiger partial charge is 0.330 e. The van der Waals surface area contributed by atoms with Crippen LogP contribution < -0.4 is 5.73 Å². The van der Waals surface area contributed by atoms with Crippen LogP contribution in [0.3, 0.4) is 0 Å². The third kappa shape index (κ3) is 3.10. The summed E-state index contributed by atoms with van der Waals surface area (Å²) in [4.78, 5) is 4.82. The van der Waals surface area contributed by atoms with Gasteiger partial charge in [-0.3, -0.25) is 0 Å². The van der Waals surface area contributed by atoms with Gasteiger partial charge in [0.05, 0.1) is 10.7 Å². The smallest absolute Gasteiger partial charge is 0.0935 e. The van der Waals surface area contributed by atoms with Crippen LogP contribution >= 0.6 is 11.3 Å². The van der Waals surface area contributed by atoms with Crippen LogP contribution in [-0.4, -0.2) is 11.5 Å². The van der Waals surface area contributed by atoms with Crippen LogP contribution in [0.2, 0.25) is 0 Å². The van der Waals surface area contributed by atoms with Gasteiger partial charge in [-0.05, 0) is 31.2 Å². The van der Waals surface area contributed by atoms with E-state index in [1.54, 1.807) is 11.3 Å². The zero-order chi connectivity index (χ0) is 13.8. The molecule has 1 aromatic carbocycles. The summed E-state index contributed by atoms with van der Waals surface area (Å²) >= 11 is 1.80. The summed E-state index contributed by atoms with van der Waals surface area (Å²) in [5.74, 6) is 1.44. The van der Waals surface area contributed by atoms with Crippen molar-refractivity contribution in [1.82, 2.24) is 4.98 Å². The molecule has 0 bridgehead atoms. The fraction of sp³-hybridized carbons (Fsp3) is 0.471. The number of hydrogen-bond acceptors (Lipinski definition) is 3. The van der Waals surface area contributed by atoms with Crippen LogP contribution in [0.15, 0.2) is 35.7 Å². The molecule has 0 radical (unpaired) electrons. The lowest BCUT2D eigenvalue weighted by molar-refractivity contribution is 0.242. The van der Waals surface area contributed by atoms with Gasteiger partial charge in [-0.2, -0.15) is 0 Å². The first-order chi connectivity index (χ1) is 9.86. The van der Waals surface area contributed by atoms with E-state index in [-0.39, 0.29) is 0 Å². The molecule has 1 heterocycles. The van der Waals surface area contributed by atoms with Gasteiger partial charge in [0, 0.05) is 17.4 Å². The third-order valence-corrected chi connectivity index (χ3v) is 5.30. The van der Waals surface area contributed by atoms with Crippen LogP contribution in [0.5, 0.6) is 0 Å². The number of hydrogen-bond donors (Lipinski definition) is 1. The zero-order valence-corrected chi connectivity index (χ0v) is 12.6. The fourth-order valence-corrected chi connectivity index (χ4v) is 4.13. The Labute approximate surface area is 125 Å². The van der Waals surface area contributed by atoms with Gasteiger partial charge >= 0.3 is 0 Å². The van der Waals surface area contributed by atoms with Gasteiger partial charge in [0.15, 0.2) is 0 Å². The Hall–Kier alpha value is -1.19. The summed E-state index contributed by atoms with van der Waals surface area (Å²) in [6, 6.07) is 10.4. The maximum absolute atomic E-state index is 5.93. The van der Waals surface area contributed by atoms with Crippen molar-refractivity contribution in [2.75, 3.05) is 6.54 Å². The minimum absolute atomic E-state index is 0.702. The molecule has 1 aromatic heterocycles. The Kier molecular flexibility index (Phi) is 4.48. The SMILES string of the molecule is NCC1CCCCC1Cc1nc(-c2ccccc2)cs1. The van der Waals surface area contributed by atoms with Crippen molar-refractivity contribution in [3.63, 3.8) is 0 Å². The molecular weight excluding hydrogens is 264 g/mol. The molecule has 2 nitrogen and oxygen atoms in total. The Balaban J connectivity index is 1.71. The number of thiazole rings is 1. The lowest BCUT2D eigenvalue weighted by atomic mass is 9.78. The maximum atomic E-state index is 5.93. The van der Waals surface area contributed by atoms with Gasteiger partial charge in [-0.1, -0.05) is 43.2 Å². The molecule has 0 amide bonds. The predicted molar refractivity (Wildman–Crippen MR) is 85.8 cm³/mol. The quantitative estimate of drug-likeness (QED) is 0.918. The lowest BCUT2D eigenvalue weighted by Crippen LogP contribution is -2.28. The number of nitrogens with two attached hydrogens (primary N) is 1. The van der Waals surface area contributed by atoms with Gasteiger partial charge in [0.25, 0.3) is 0 Å². The molecule has 1 fully saturated rings. The van der Waals surface area contributed by atoms with E-state index >= 15 is 0 Å². The minimum atomic E-state index is 0.702. The first-order valence-corrected chi connectivity index (χ1v) is 8.44. The van der Waals surface area contributed by atoms with Gasteiger partial charge in [-0.15, -0.1) is 11.3 Å². The molecule has 20 heavy (non-hydrogen) atoms. The van der Waals surface area contributed by atoms with E-state index in [9.17, 15) is 0 Å². The van der Waals surface area contributed by atoms with Gasteiger partial charge in [0.1, 0.15) is 0 Å². The topological polar surface area (TPSA) is 38.9 Å². The molecule has 2 unspecified atom stereocenters. The van der Waals surface area contributed by atoms with Crippen molar-refractivity contribution in [2.45, 2.75) is 32.1 Å². The molecule has 3 heteroatoms. The lowest BCUT2D eigenvalue weighted by Gasteiger charge is -2.29. The molecule has 1 aliphatic carbocycles. The van der Waals surface area contributed by atoms with Crippen molar-refractivity contribution in [2.24, 2.45) is 17.6 Å². The van der Waals surface area contributed by atoms with E-state index < -0.39 is 0 Å². The van der Waals surface area contributed by atoms with Crippen molar-refractivity contribution in [3.05, 3.63) is 40.7 Å². The van der Waals surface area contributed by atoms with Crippen LogP contribution in [0.1, 0.15) is 30.7 Å². The van der Waals surface area contributed by atoms with Gasteiger partial charge in [0.2, 0.25) is 0 Å².